The molecule has 1 aromatic carbocycles. The molecule has 0 spiro atoms. The number of ether oxygens (including phenoxy) is 1. The van der Waals surface area contributed by atoms with Gasteiger partial charge in [0.2, 0.25) is 0 Å². The minimum atomic E-state index is -3.07. The average molecular weight is 455 g/mol. The molecule has 32 heavy (non-hydrogen) atoms. The maximum atomic E-state index is 13.3. The second-order valence-corrected chi connectivity index (χ2v) is 10.9. The number of hydrogen-bond acceptors (Lipinski definition) is 6. The predicted molar refractivity (Wildman–Crippen MR) is 121 cm³/mol. The Morgan fingerprint density at radius 3 is 2.75 bits per heavy atom. The second-order valence-electron chi connectivity index (χ2n) is 8.69. The Morgan fingerprint density at radius 2 is 2.06 bits per heavy atom. The number of rotatable bonds is 6. The highest BCUT2D eigenvalue weighted by atomic mass is 32.2. The third-order valence-corrected chi connectivity index (χ3v) is 7.99. The summed E-state index contributed by atoms with van der Waals surface area (Å²) in [4.78, 5) is 18.1. The van der Waals surface area contributed by atoms with E-state index in [0.29, 0.717) is 41.2 Å². The van der Waals surface area contributed by atoms with Crippen LogP contribution in [0.3, 0.4) is 0 Å². The fourth-order valence-electron chi connectivity index (χ4n) is 4.38. The molecule has 0 unspecified atom stereocenters. The summed E-state index contributed by atoms with van der Waals surface area (Å²) in [6.07, 6.45) is 2.62. The third-order valence-electron chi connectivity index (χ3n) is 6.24. The maximum absolute atomic E-state index is 13.3. The average Bonchev–Trinajstić information content (AvgIpc) is 3.50. The molecule has 3 aromatic rings. The number of hydrogen-bond donors (Lipinski definition) is 1. The van der Waals surface area contributed by atoms with Gasteiger partial charge in [0, 0.05) is 18.2 Å². The van der Waals surface area contributed by atoms with Gasteiger partial charge in [-0.05, 0) is 49.9 Å². The zero-order valence-electron chi connectivity index (χ0n) is 18.2. The molecule has 1 saturated carbocycles. The summed E-state index contributed by atoms with van der Waals surface area (Å²) in [7, 11) is -1.45. The van der Waals surface area contributed by atoms with Gasteiger partial charge < -0.3 is 10.1 Å². The lowest BCUT2D eigenvalue weighted by Crippen LogP contribution is -2.23. The van der Waals surface area contributed by atoms with Crippen molar-refractivity contribution in [1.82, 2.24) is 20.1 Å². The number of aryl methyl sites for hydroxylation is 1. The summed E-state index contributed by atoms with van der Waals surface area (Å²) in [5.41, 5.74) is 3.66. The minimum Gasteiger partial charge on any atom is -0.497 e. The highest BCUT2D eigenvalue weighted by Crippen LogP contribution is 2.41. The van der Waals surface area contributed by atoms with Crippen LogP contribution in [0.25, 0.3) is 11.0 Å². The van der Waals surface area contributed by atoms with Crippen LogP contribution >= 0.6 is 0 Å². The molecule has 2 aromatic heterocycles. The van der Waals surface area contributed by atoms with Crippen LogP contribution in [0.15, 0.2) is 30.3 Å². The molecule has 9 heteroatoms. The molecule has 3 heterocycles. The van der Waals surface area contributed by atoms with Crippen molar-refractivity contribution in [2.24, 2.45) is 0 Å². The van der Waals surface area contributed by atoms with Crippen molar-refractivity contribution in [3.05, 3.63) is 52.8 Å². The lowest BCUT2D eigenvalue weighted by Gasteiger charge is -2.12. The fraction of sp³-hybridized carbons (Fsp3) is 0.435. The van der Waals surface area contributed by atoms with E-state index in [1.807, 2.05) is 37.3 Å². The number of fused-ring (bicyclic) bond motifs is 1. The van der Waals surface area contributed by atoms with E-state index in [0.717, 1.165) is 29.8 Å². The second kappa shape index (κ2) is 7.88. The van der Waals surface area contributed by atoms with Crippen molar-refractivity contribution in [3.63, 3.8) is 0 Å². The molecule has 2 aliphatic rings. The van der Waals surface area contributed by atoms with Gasteiger partial charge in [-0.25, -0.2) is 18.1 Å². The van der Waals surface area contributed by atoms with Gasteiger partial charge in [-0.3, -0.25) is 4.79 Å². The van der Waals surface area contributed by atoms with Crippen molar-refractivity contribution in [2.75, 3.05) is 18.6 Å². The highest BCUT2D eigenvalue weighted by molar-refractivity contribution is 7.91. The van der Waals surface area contributed by atoms with Gasteiger partial charge in [-0.1, -0.05) is 12.1 Å². The number of carbonyl (C=O) groups excluding carboxylic acids is 1. The number of aromatic nitrogens is 3. The van der Waals surface area contributed by atoms with Gasteiger partial charge in [0.05, 0.1) is 41.3 Å². The van der Waals surface area contributed by atoms with Crippen molar-refractivity contribution in [3.8, 4) is 5.75 Å². The van der Waals surface area contributed by atoms with E-state index in [1.165, 1.54) is 0 Å². The minimum absolute atomic E-state index is 0.0654. The lowest BCUT2D eigenvalue weighted by atomic mass is 10.1. The molecule has 2 fully saturated rings. The van der Waals surface area contributed by atoms with Gasteiger partial charge in [-0.15, -0.1) is 0 Å². The fourth-order valence-corrected chi connectivity index (χ4v) is 6.07. The van der Waals surface area contributed by atoms with Gasteiger partial charge >= 0.3 is 0 Å². The SMILES string of the molecule is COc1cccc(CNC(=O)c2cc(C3CC3)nc3c2c(C)nn3[C@@H]2CCS(=O)(=O)C2)c1. The molecule has 8 nitrogen and oxygen atoms in total. The molecule has 0 bridgehead atoms. The normalized spacial score (nSPS) is 19.9. The van der Waals surface area contributed by atoms with E-state index in [-0.39, 0.29) is 23.5 Å². The largest absolute Gasteiger partial charge is 0.497 e. The Balaban J connectivity index is 1.51. The number of sulfone groups is 1. The molecule has 0 radical (unpaired) electrons. The number of nitrogens with zero attached hydrogens (tertiary/aromatic N) is 3. The van der Waals surface area contributed by atoms with Crippen LogP contribution in [0, 0.1) is 6.92 Å². The van der Waals surface area contributed by atoms with Gasteiger partial charge in [0.15, 0.2) is 15.5 Å². The Hall–Kier alpha value is -2.94. The van der Waals surface area contributed by atoms with Crippen molar-refractivity contribution < 1.29 is 17.9 Å². The van der Waals surface area contributed by atoms with Crippen molar-refractivity contribution >= 4 is 26.8 Å². The number of amides is 1. The summed E-state index contributed by atoms with van der Waals surface area (Å²) < 4.78 is 31.1. The standard InChI is InChI=1S/C23H26N4O4S/c1-14-21-19(23(28)24-12-15-4-3-5-18(10-15)31-2)11-20(16-6-7-16)25-22(21)27(26-14)17-8-9-32(29,30)13-17/h3-5,10-11,16-17H,6-9,12-13H2,1-2H3,(H,24,28)/t17-/m1/s1. The van der Waals surface area contributed by atoms with Crippen molar-refractivity contribution in [1.29, 1.82) is 0 Å². The lowest BCUT2D eigenvalue weighted by molar-refractivity contribution is 0.0952. The quantitative estimate of drug-likeness (QED) is 0.614. The van der Waals surface area contributed by atoms with Crippen LogP contribution in [0.5, 0.6) is 5.75 Å². The van der Waals surface area contributed by atoms with E-state index in [9.17, 15) is 13.2 Å². The predicted octanol–water partition coefficient (Wildman–Crippen LogP) is 2.92. The van der Waals surface area contributed by atoms with Gasteiger partial charge in [-0.2, -0.15) is 5.10 Å². The molecule has 1 saturated heterocycles. The van der Waals surface area contributed by atoms with Crippen LogP contribution < -0.4 is 10.1 Å². The van der Waals surface area contributed by atoms with Crippen LogP contribution in [0.4, 0.5) is 0 Å². The summed E-state index contributed by atoms with van der Waals surface area (Å²) in [6.45, 7) is 2.21. The summed E-state index contributed by atoms with van der Waals surface area (Å²) in [5, 5.41) is 8.34. The van der Waals surface area contributed by atoms with Crippen LogP contribution in [0.2, 0.25) is 0 Å². The van der Waals surface area contributed by atoms with E-state index < -0.39 is 9.84 Å². The molecular weight excluding hydrogens is 428 g/mol. The van der Waals surface area contributed by atoms with E-state index in [1.54, 1.807) is 11.8 Å². The smallest absolute Gasteiger partial charge is 0.252 e. The molecule has 5 rings (SSSR count). The zero-order chi connectivity index (χ0) is 22.5. The number of benzene rings is 1. The van der Waals surface area contributed by atoms with Crippen LogP contribution in [0.1, 0.15) is 58.5 Å². The summed E-state index contributed by atoms with van der Waals surface area (Å²) >= 11 is 0. The third kappa shape index (κ3) is 3.97. The molecule has 168 valence electrons. The molecule has 1 aliphatic carbocycles. The molecule has 1 aliphatic heterocycles. The van der Waals surface area contributed by atoms with Gasteiger partial charge in [0.1, 0.15) is 5.75 Å². The molecule has 1 amide bonds. The van der Waals surface area contributed by atoms with Crippen LogP contribution in [-0.2, 0) is 16.4 Å². The topological polar surface area (TPSA) is 103 Å². The Labute approximate surface area is 186 Å². The first kappa shape index (κ1) is 20.9. The van der Waals surface area contributed by atoms with Gasteiger partial charge in [0.25, 0.3) is 5.91 Å². The number of pyridine rings is 1. The Morgan fingerprint density at radius 1 is 1.25 bits per heavy atom. The summed E-state index contributed by atoms with van der Waals surface area (Å²) in [6, 6.07) is 9.21. The first-order chi connectivity index (χ1) is 15.3. The Kier molecular flexibility index (Phi) is 5.16. The van der Waals surface area contributed by atoms with E-state index in [4.69, 9.17) is 9.72 Å². The van der Waals surface area contributed by atoms with E-state index >= 15 is 0 Å². The van der Waals surface area contributed by atoms with Crippen LogP contribution in [-0.4, -0.2) is 47.7 Å². The zero-order valence-corrected chi connectivity index (χ0v) is 19.0. The number of nitrogens with one attached hydrogen (secondary N) is 1. The highest BCUT2D eigenvalue weighted by Gasteiger charge is 2.34. The number of carbonyl (C=O) groups is 1. The first-order valence-corrected chi connectivity index (χ1v) is 12.7. The molecule has 1 atom stereocenters. The molecule has 1 N–H and O–H groups in total. The number of methoxy groups -OCH3 is 1. The monoisotopic (exact) mass is 454 g/mol. The molecular formula is C23H26N4O4S. The van der Waals surface area contributed by atoms with Crippen molar-refractivity contribution in [2.45, 2.75) is 44.7 Å². The maximum Gasteiger partial charge on any atom is 0.252 e. The van der Waals surface area contributed by atoms with E-state index in [2.05, 4.69) is 10.4 Å². The first-order valence-electron chi connectivity index (χ1n) is 10.9. The Bertz CT molecular complexity index is 1310. The summed E-state index contributed by atoms with van der Waals surface area (Å²) in [5.74, 6) is 1.12.